The van der Waals surface area contributed by atoms with E-state index in [9.17, 15) is 24.5 Å². The number of hydrogen-bond donors (Lipinski definition) is 3. The number of aromatic nitrogens is 1. The Morgan fingerprint density at radius 1 is 1.39 bits per heavy atom. The minimum absolute atomic E-state index is 0.297. The number of carboxylic acids is 2. The largest absolute Gasteiger partial charge is 0.481 e. The maximum absolute atomic E-state index is 11.9. The van der Waals surface area contributed by atoms with Crippen LogP contribution >= 0.6 is 0 Å². The van der Waals surface area contributed by atoms with Crippen molar-refractivity contribution in [2.45, 2.75) is 18.9 Å². The zero-order valence-electron chi connectivity index (χ0n) is 11.9. The Labute approximate surface area is 129 Å². The first-order valence-electron chi connectivity index (χ1n) is 6.21. The molecule has 1 aromatic rings. The predicted molar refractivity (Wildman–Crippen MR) is 73.2 cm³/mol. The topological polar surface area (TPSA) is 169 Å². The van der Waals surface area contributed by atoms with Crippen LogP contribution in [0.1, 0.15) is 23.3 Å². The molecule has 0 aromatic carbocycles. The van der Waals surface area contributed by atoms with Crippen LogP contribution < -0.4 is 10.1 Å². The van der Waals surface area contributed by atoms with Gasteiger partial charge in [0.1, 0.15) is 11.7 Å². The lowest BCUT2D eigenvalue weighted by Crippen LogP contribution is -2.41. The molecule has 0 aliphatic carbocycles. The molecule has 0 fully saturated rings. The number of nitrogens with one attached hydrogen (secondary N) is 1. The summed E-state index contributed by atoms with van der Waals surface area (Å²) >= 11 is 0. The van der Waals surface area contributed by atoms with Crippen LogP contribution in [-0.4, -0.2) is 51.1 Å². The fourth-order valence-corrected chi connectivity index (χ4v) is 1.61. The number of ether oxygens (including phenoxy) is 1. The van der Waals surface area contributed by atoms with E-state index in [1.807, 2.05) is 0 Å². The summed E-state index contributed by atoms with van der Waals surface area (Å²) in [5.41, 5.74) is -0.751. The van der Waals surface area contributed by atoms with Crippen molar-refractivity contribution >= 4 is 23.5 Å². The third-order valence-electron chi connectivity index (χ3n) is 2.71. The van der Waals surface area contributed by atoms with Crippen molar-refractivity contribution < 1.29 is 34.3 Å². The van der Waals surface area contributed by atoms with Crippen LogP contribution in [0.4, 0.5) is 5.69 Å². The SMILES string of the molecule is COc1nc(C(=O)N[C@@H](CCC(=O)O)C(=O)O)ccc1[N+](=O)[O-]. The molecule has 11 nitrogen and oxygen atoms in total. The summed E-state index contributed by atoms with van der Waals surface area (Å²) in [6.45, 7) is 0. The molecule has 0 aliphatic rings. The van der Waals surface area contributed by atoms with E-state index in [1.165, 1.54) is 0 Å². The van der Waals surface area contributed by atoms with Gasteiger partial charge >= 0.3 is 17.6 Å². The van der Waals surface area contributed by atoms with Gasteiger partial charge in [-0.2, -0.15) is 0 Å². The number of carboxylic acid groups (broad SMARTS) is 2. The number of nitrogens with zero attached hydrogens (tertiary/aromatic N) is 2. The Morgan fingerprint density at radius 2 is 2.04 bits per heavy atom. The van der Waals surface area contributed by atoms with Gasteiger partial charge in [-0.1, -0.05) is 0 Å². The molecule has 23 heavy (non-hydrogen) atoms. The van der Waals surface area contributed by atoms with Gasteiger partial charge in [-0.05, 0) is 12.5 Å². The van der Waals surface area contributed by atoms with Crippen molar-refractivity contribution in [1.29, 1.82) is 0 Å². The summed E-state index contributed by atoms with van der Waals surface area (Å²) in [7, 11) is 1.13. The van der Waals surface area contributed by atoms with Crippen LogP contribution in [0.25, 0.3) is 0 Å². The molecular weight excluding hydrogens is 314 g/mol. The number of amides is 1. The molecule has 1 heterocycles. The van der Waals surface area contributed by atoms with Gasteiger partial charge in [0.15, 0.2) is 0 Å². The Hall–Kier alpha value is -3.24. The van der Waals surface area contributed by atoms with Crippen LogP contribution in [0, 0.1) is 10.1 Å². The minimum atomic E-state index is -1.43. The van der Waals surface area contributed by atoms with Crippen molar-refractivity contribution in [3.63, 3.8) is 0 Å². The maximum atomic E-state index is 11.9. The number of methoxy groups -OCH3 is 1. The fraction of sp³-hybridized carbons (Fsp3) is 0.333. The smallest absolute Gasteiger partial charge is 0.330 e. The molecule has 124 valence electrons. The minimum Gasteiger partial charge on any atom is -0.481 e. The number of carbonyl (C=O) groups excluding carboxylic acids is 1. The van der Waals surface area contributed by atoms with Gasteiger partial charge in [-0.3, -0.25) is 19.7 Å². The highest BCUT2D eigenvalue weighted by Gasteiger charge is 2.24. The molecule has 3 N–H and O–H groups in total. The monoisotopic (exact) mass is 327 g/mol. The summed E-state index contributed by atoms with van der Waals surface area (Å²) in [6.07, 6.45) is -0.769. The second kappa shape index (κ2) is 7.68. The molecule has 0 bridgehead atoms. The Balaban J connectivity index is 2.93. The third kappa shape index (κ3) is 4.91. The lowest BCUT2D eigenvalue weighted by atomic mass is 10.1. The van der Waals surface area contributed by atoms with Crippen molar-refractivity contribution in [3.05, 3.63) is 27.9 Å². The van der Waals surface area contributed by atoms with E-state index in [4.69, 9.17) is 14.9 Å². The summed E-state index contributed by atoms with van der Waals surface area (Å²) in [4.78, 5) is 47.0. The molecule has 1 rings (SSSR count). The first-order valence-corrected chi connectivity index (χ1v) is 6.21. The molecule has 1 aromatic heterocycles. The van der Waals surface area contributed by atoms with Crippen molar-refractivity contribution in [3.8, 4) is 5.88 Å². The highest BCUT2D eigenvalue weighted by atomic mass is 16.6. The molecule has 1 amide bonds. The average Bonchev–Trinajstić information content (AvgIpc) is 2.49. The molecule has 0 unspecified atom stereocenters. The molecule has 11 heteroatoms. The first-order chi connectivity index (χ1) is 10.8. The lowest BCUT2D eigenvalue weighted by molar-refractivity contribution is -0.386. The van der Waals surface area contributed by atoms with E-state index in [2.05, 4.69) is 10.3 Å². The molecule has 0 radical (unpaired) electrons. The summed E-state index contributed by atoms with van der Waals surface area (Å²) in [6, 6.07) is 0.599. The lowest BCUT2D eigenvalue weighted by Gasteiger charge is -2.13. The number of hydrogen-bond acceptors (Lipinski definition) is 7. The Morgan fingerprint density at radius 3 is 2.52 bits per heavy atom. The number of pyridine rings is 1. The molecule has 1 atom stereocenters. The van der Waals surface area contributed by atoms with Gasteiger partial charge in [0.05, 0.1) is 12.0 Å². The van der Waals surface area contributed by atoms with Crippen LogP contribution in [0.3, 0.4) is 0 Å². The molecule has 0 saturated heterocycles. The third-order valence-corrected chi connectivity index (χ3v) is 2.71. The van der Waals surface area contributed by atoms with Gasteiger partial charge in [0, 0.05) is 12.5 Å². The average molecular weight is 327 g/mol. The molecular formula is C12H13N3O8. The van der Waals surface area contributed by atoms with E-state index in [0.29, 0.717) is 0 Å². The molecule has 0 spiro atoms. The van der Waals surface area contributed by atoms with Gasteiger partial charge in [-0.15, -0.1) is 0 Å². The van der Waals surface area contributed by atoms with Crippen LogP contribution in [-0.2, 0) is 9.59 Å². The van der Waals surface area contributed by atoms with Crippen LogP contribution in [0.15, 0.2) is 12.1 Å². The van der Waals surface area contributed by atoms with E-state index >= 15 is 0 Å². The van der Waals surface area contributed by atoms with Crippen LogP contribution in [0.2, 0.25) is 0 Å². The number of rotatable bonds is 8. The maximum Gasteiger partial charge on any atom is 0.330 e. The van der Waals surface area contributed by atoms with E-state index in [-0.39, 0.29) is 12.1 Å². The summed E-state index contributed by atoms with van der Waals surface area (Å²) in [5, 5.41) is 30.3. The predicted octanol–water partition coefficient (Wildman–Crippen LogP) is 0.0462. The Kier molecular flexibility index (Phi) is 5.95. The Bertz CT molecular complexity index is 645. The zero-order valence-corrected chi connectivity index (χ0v) is 11.9. The van der Waals surface area contributed by atoms with Crippen molar-refractivity contribution in [1.82, 2.24) is 10.3 Å². The second-order valence-corrected chi connectivity index (χ2v) is 4.28. The number of carbonyl (C=O) groups is 3. The van der Waals surface area contributed by atoms with Crippen LogP contribution in [0.5, 0.6) is 5.88 Å². The van der Waals surface area contributed by atoms with E-state index in [0.717, 1.165) is 19.2 Å². The van der Waals surface area contributed by atoms with Gasteiger partial charge in [0.2, 0.25) is 0 Å². The number of nitro groups is 1. The van der Waals surface area contributed by atoms with Crippen molar-refractivity contribution in [2.24, 2.45) is 0 Å². The summed E-state index contributed by atoms with van der Waals surface area (Å²) in [5.74, 6) is -3.94. The fourth-order valence-electron chi connectivity index (χ4n) is 1.61. The van der Waals surface area contributed by atoms with E-state index in [1.54, 1.807) is 0 Å². The quantitative estimate of drug-likeness (QED) is 0.441. The highest BCUT2D eigenvalue weighted by Crippen LogP contribution is 2.23. The normalized spacial score (nSPS) is 11.3. The second-order valence-electron chi connectivity index (χ2n) is 4.28. The first kappa shape index (κ1) is 17.8. The zero-order chi connectivity index (χ0) is 17.6. The number of aliphatic carboxylic acids is 2. The summed E-state index contributed by atoms with van der Waals surface area (Å²) < 4.78 is 4.70. The van der Waals surface area contributed by atoms with Gasteiger partial charge in [0.25, 0.3) is 11.8 Å². The molecule has 0 saturated carbocycles. The van der Waals surface area contributed by atoms with Gasteiger partial charge < -0.3 is 20.3 Å². The standard InChI is InChI=1S/C12H13N3O8/c1-23-11-8(15(21)22)4-2-6(14-11)10(18)13-7(12(19)20)3-5-9(16)17/h2,4,7H,3,5H2,1H3,(H,13,18)(H,16,17)(H,19,20)/t7-/m0/s1. The van der Waals surface area contributed by atoms with Crippen molar-refractivity contribution in [2.75, 3.05) is 7.11 Å². The molecule has 0 aliphatic heterocycles. The highest BCUT2D eigenvalue weighted by molar-refractivity contribution is 5.95. The van der Waals surface area contributed by atoms with E-state index < -0.39 is 46.8 Å². The van der Waals surface area contributed by atoms with Gasteiger partial charge in [-0.25, -0.2) is 9.78 Å².